The Morgan fingerprint density at radius 1 is 1.12 bits per heavy atom. The van der Waals surface area contributed by atoms with Gasteiger partial charge in [-0.3, -0.25) is 4.79 Å². The van der Waals surface area contributed by atoms with Crippen molar-refractivity contribution in [3.8, 4) is 5.75 Å². The number of hydrogen-bond acceptors (Lipinski definition) is 3. The molecule has 1 amide bonds. The fourth-order valence-corrected chi connectivity index (χ4v) is 2.67. The van der Waals surface area contributed by atoms with E-state index in [4.69, 9.17) is 15.6 Å². The van der Waals surface area contributed by atoms with Crippen LogP contribution in [0.3, 0.4) is 0 Å². The van der Waals surface area contributed by atoms with E-state index in [0.29, 0.717) is 10.3 Å². The minimum absolute atomic E-state index is 0.115. The molecule has 5 heteroatoms. The number of nitrogens with zero attached hydrogens (tertiary/aromatic N) is 2. The summed E-state index contributed by atoms with van der Waals surface area (Å²) < 4.78 is 5.75. The van der Waals surface area contributed by atoms with E-state index in [1.807, 2.05) is 48.6 Å². The van der Waals surface area contributed by atoms with Crippen molar-refractivity contribution in [1.29, 1.82) is 0 Å². The van der Waals surface area contributed by atoms with Gasteiger partial charge in [0.15, 0.2) is 12.3 Å². The average Bonchev–Trinajstić information content (AvgIpc) is 2.83. The van der Waals surface area contributed by atoms with Gasteiger partial charge in [0.2, 0.25) is 0 Å². The first-order valence-corrected chi connectivity index (χ1v) is 7.69. The van der Waals surface area contributed by atoms with Gasteiger partial charge in [-0.25, -0.2) is 0 Å². The smallest absolute Gasteiger partial charge is 0.255 e. The maximum absolute atomic E-state index is 10.7. The summed E-state index contributed by atoms with van der Waals surface area (Å²) in [5.74, 6) is 0.130. The van der Waals surface area contributed by atoms with Crippen LogP contribution >= 0.6 is 0 Å². The predicted molar refractivity (Wildman–Crippen MR) is 96.8 cm³/mol. The summed E-state index contributed by atoms with van der Waals surface area (Å²) in [5.41, 5.74) is 9.39. The molecule has 0 atom stereocenters. The standard InChI is InChI=1S/C19H19N3O2/c1-22(2)18-6-4-3-5-16(18)17(21-22)12-9-14-7-10-15(11-8-14)24-13-19(20)23/h3-12H,13H2,1-2H3,(H-,20,23)/p+1. The molecule has 2 aromatic carbocycles. The number of benzene rings is 2. The Hall–Kier alpha value is -2.92. The van der Waals surface area contributed by atoms with Crippen LogP contribution in [-0.2, 0) is 4.79 Å². The molecule has 0 spiro atoms. The minimum Gasteiger partial charge on any atom is -0.484 e. The van der Waals surface area contributed by atoms with E-state index >= 15 is 0 Å². The molecule has 0 aliphatic carbocycles. The summed E-state index contributed by atoms with van der Waals surface area (Å²) in [6, 6.07) is 15.7. The van der Waals surface area contributed by atoms with Crippen LogP contribution in [0.2, 0.25) is 0 Å². The van der Waals surface area contributed by atoms with Gasteiger partial charge in [0, 0.05) is 6.07 Å². The first kappa shape index (κ1) is 16.0. The maximum atomic E-state index is 10.7. The largest absolute Gasteiger partial charge is 0.484 e. The van der Waals surface area contributed by atoms with Crippen molar-refractivity contribution in [2.75, 3.05) is 20.7 Å². The first-order chi connectivity index (χ1) is 11.5. The molecule has 0 saturated heterocycles. The van der Waals surface area contributed by atoms with Gasteiger partial charge in [-0.05, 0) is 29.8 Å². The second kappa shape index (κ2) is 6.29. The summed E-state index contributed by atoms with van der Waals surface area (Å²) >= 11 is 0. The van der Waals surface area contributed by atoms with E-state index in [2.05, 4.69) is 26.2 Å². The molecule has 122 valence electrons. The van der Waals surface area contributed by atoms with Crippen LogP contribution in [0.5, 0.6) is 5.75 Å². The quantitative estimate of drug-likeness (QED) is 0.860. The van der Waals surface area contributed by atoms with Crippen LogP contribution in [0.15, 0.2) is 59.7 Å². The molecule has 0 saturated carbocycles. The lowest BCUT2D eigenvalue weighted by atomic mass is 10.1. The molecule has 0 aromatic heterocycles. The molecule has 1 aliphatic heterocycles. The number of nitrogens with two attached hydrogens (primary N) is 1. The fourth-order valence-electron chi connectivity index (χ4n) is 2.67. The summed E-state index contributed by atoms with van der Waals surface area (Å²) in [4.78, 5) is 10.7. The number of ether oxygens (including phenoxy) is 1. The second-order valence-electron chi connectivity index (χ2n) is 6.05. The molecule has 0 fully saturated rings. The van der Waals surface area contributed by atoms with E-state index in [-0.39, 0.29) is 6.61 Å². The van der Waals surface area contributed by atoms with E-state index in [9.17, 15) is 4.79 Å². The summed E-state index contributed by atoms with van der Waals surface area (Å²) in [6.07, 6.45) is 4.03. The van der Waals surface area contributed by atoms with Gasteiger partial charge in [-0.1, -0.05) is 35.4 Å². The third kappa shape index (κ3) is 3.36. The Balaban J connectivity index is 1.76. The molecule has 2 N–H and O–H groups in total. The van der Waals surface area contributed by atoms with E-state index in [0.717, 1.165) is 16.8 Å². The number of carbonyl (C=O) groups excluding carboxylic acids is 1. The van der Waals surface area contributed by atoms with Crippen molar-refractivity contribution in [3.05, 3.63) is 65.7 Å². The highest BCUT2D eigenvalue weighted by Gasteiger charge is 2.31. The van der Waals surface area contributed by atoms with Crippen LogP contribution in [0.25, 0.3) is 6.08 Å². The number of amides is 1. The van der Waals surface area contributed by atoms with Crippen LogP contribution in [-0.4, -0.2) is 32.3 Å². The van der Waals surface area contributed by atoms with Crippen LogP contribution in [0.1, 0.15) is 11.1 Å². The lowest BCUT2D eigenvalue weighted by molar-refractivity contribution is -0.119. The van der Waals surface area contributed by atoms with Crippen molar-refractivity contribution in [1.82, 2.24) is 4.59 Å². The summed E-state index contributed by atoms with van der Waals surface area (Å²) in [5, 5.41) is 4.76. The number of para-hydroxylation sites is 1. The monoisotopic (exact) mass is 322 g/mol. The van der Waals surface area contributed by atoms with Crippen molar-refractivity contribution in [3.63, 3.8) is 0 Å². The molecule has 2 aromatic rings. The van der Waals surface area contributed by atoms with Crippen molar-refractivity contribution < 1.29 is 9.53 Å². The number of fused-ring (bicyclic) bond motifs is 1. The zero-order chi connectivity index (χ0) is 17.2. The molecule has 0 unspecified atom stereocenters. The number of primary amides is 1. The van der Waals surface area contributed by atoms with Crippen LogP contribution < -0.4 is 15.1 Å². The van der Waals surface area contributed by atoms with Gasteiger partial charge in [-0.15, -0.1) is 0 Å². The van der Waals surface area contributed by atoms with Crippen molar-refractivity contribution >= 4 is 23.4 Å². The topological polar surface area (TPSA) is 64.7 Å². The highest BCUT2D eigenvalue weighted by atomic mass is 16.5. The third-order valence-corrected chi connectivity index (χ3v) is 3.82. The normalized spacial score (nSPS) is 15.2. The fraction of sp³-hybridized carbons (Fsp3) is 0.158. The van der Waals surface area contributed by atoms with Crippen molar-refractivity contribution in [2.45, 2.75) is 0 Å². The molecule has 0 radical (unpaired) electrons. The molecule has 1 aliphatic rings. The lowest BCUT2D eigenvalue weighted by Gasteiger charge is -2.17. The molecule has 5 nitrogen and oxygen atoms in total. The maximum Gasteiger partial charge on any atom is 0.255 e. The summed E-state index contributed by atoms with van der Waals surface area (Å²) in [7, 11) is 4.12. The number of rotatable bonds is 5. The minimum atomic E-state index is -0.488. The molecule has 3 rings (SSSR count). The van der Waals surface area contributed by atoms with Gasteiger partial charge in [0.05, 0.1) is 19.7 Å². The molecule has 24 heavy (non-hydrogen) atoms. The molecule has 0 bridgehead atoms. The van der Waals surface area contributed by atoms with Crippen LogP contribution in [0, 0.1) is 0 Å². The van der Waals surface area contributed by atoms with Gasteiger partial charge in [-0.2, -0.15) is 4.59 Å². The van der Waals surface area contributed by atoms with Crippen molar-refractivity contribution in [2.24, 2.45) is 10.8 Å². The molecule has 1 heterocycles. The SMILES string of the molecule is C[N+]1(C)N=C(C=Cc2ccc(OCC(N)=O)cc2)c2ccccc21. The Labute approximate surface area is 141 Å². The number of quaternary nitrogens is 1. The third-order valence-electron chi connectivity index (χ3n) is 3.82. The van der Waals surface area contributed by atoms with E-state index in [1.165, 1.54) is 5.69 Å². The highest BCUT2D eigenvalue weighted by Crippen LogP contribution is 2.32. The second-order valence-corrected chi connectivity index (χ2v) is 6.05. The predicted octanol–water partition coefficient (Wildman–Crippen LogP) is 2.55. The van der Waals surface area contributed by atoms with Crippen LogP contribution in [0.4, 0.5) is 5.69 Å². The number of carbonyl (C=O) groups is 1. The zero-order valence-corrected chi connectivity index (χ0v) is 13.8. The Bertz CT molecular complexity index is 821. The Kier molecular flexibility index (Phi) is 4.18. The summed E-state index contributed by atoms with van der Waals surface area (Å²) in [6.45, 7) is -0.115. The average molecular weight is 322 g/mol. The van der Waals surface area contributed by atoms with Gasteiger partial charge >= 0.3 is 0 Å². The zero-order valence-electron chi connectivity index (χ0n) is 13.8. The van der Waals surface area contributed by atoms with Gasteiger partial charge in [0.1, 0.15) is 11.5 Å². The lowest BCUT2D eigenvalue weighted by Crippen LogP contribution is -2.31. The van der Waals surface area contributed by atoms with Gasteiger partial charge in [0.25, 0.3) is 5.91 Å². The van der Waals surface area contributed by atoms with E-state index in [1.54, 1.807) is 0 Å². The number of allylic oxidation sites excluding steroid dienone is 1. The highest BCUT2D eigenvalue weighted by molar-refractivity contribution is 6.15. The van der Waals surface area contributed by atoms with E-state index < -0.39 is 5.91 Å². The van der Waals surface area contributed by atoms with Gasteiger partial charge < -0.3 is 10.5 Å². The molecular weight excluding hydrogens is 302 g/mol. The molecular formula is C19H20N3O2+. The Morgan fingerprint density at radius 3 is 2.54 bits per heavy atom. The Morgan fingerprint density at radius 2 is 1.83 bits per heavy atom. The number of hydrogen-bond donors (Lipinski definition) is 1. The first-order valence-electron chi connectivity index (χ1n) is 7.69.